The third kappa shape index (κ3) is 4.86. The van der Waals surface area contributed by atoms with E-state index in [1.807, 2.05) is 0 Å². The largest absolute Gasteiger partial charge is 0.451 e. The van der Waals surface area contributed by atoms with Crippen LogP contribution in [0.4, 0.5) is 4.39 Å². The summed E-state index contributed by atoms with van der Waals surface area (Å²) in [5.41, 5.74) is 0.348. The zero-order chi connectivity index (χ0) is 15.1. The van der Waals surface area contributed by atoms with Crippen molar-refractivity contribution in [3.05, 3.63) is 48.0 Å². The highest BCUT2D eigenvalue weighted by Gasteiger charge is 2.13. The lowest BCUT2D eigenvalue weighted by atomic mass is 10.1. The summed E-state index contributed by atoms with van der Waals surface area (Å²) in [6, 6.07) is 9.46. The Bertz CT molecular complexity index is 601. The van der Waals surface area contributed by atoms with Crippen LogP contribution in [0.25, 0.3) is 11.3 Å². The summed E-state index contributed by atoms with van der Waals surface area (Å²) in [5, 5.41) is 5.93. The summed E-state index contributed by atoms with van der Waals surface area (Å²) in [6.07, 6.45) is 1.05. The molecule has 1 amide bonds. The second-order valence-corrected chi connectivity index (χ2v) is 4.65. The average Bonchev–Trinajstić information content (AvgIpc) is 2.97. The van der Waals surface area contributed by atoms with Crippen LogP contribution in [-0.4, -0.2) is 25.5 Å². The van der Waals surface area contributed by atoms with Gasteiger partial charge < -0.3 is 15.1 Å². The Labute approximate surface area is 135 Å². The van der Waals surface area contributed by atoms with Crippen LogP contribution in [0.2, 0.25) is 0 Å². The Hall–Kier alpha value is -1.85. The molecule has 0 spiro atoms. The van der Waals surface area contributed by atoms with E-state index in [-0.39, 0.29) is 29.9 Å². The van der Waals surface area contributed by atoms with Gasteiger partial charge in [0.15, 0.2) is 5.76 Å². The van der Waals surface area contributed by atoms with E-state index < -0.39 is 0 Å². The smallest absolute Gasteiger partial charge is 0.287 e. The molecule has 0 bridgehead atoms. The van der Waals surface area contributed by atoms with Crippen LogP contribution >= 0.6 is 12.4 Å². The molecule has 22 heavy (non-hydrogen) atoms. The summed E-state index contributed by atoms with van der Waals surface area (Å²) < 4.78 is 19.1. The number of benzene rings is 1. The molecular formula is C16H20ClFN2O2. The third-order valence-electron chi connectivity index (χ3n) is 2.98. The van der Waals surface area contributed by atoms with E-state index in [2.05, 4.69) is 17.6 Å². The topological polar surface area (TPSA) is 54.3 Å². The number of nitrogens with one attached hydrogen (secondary N) is 2. The van der Waals surface area contributed by atoms with Crippen molar-refractivity contribution < 1.29 is 13.6 Å². The van der Waals surface area contributed by atoms with Gasteiger partial charge in [-0.3, -0.25) is 4.79 Å². The van der Waals surface area contributed by atoms with Crippen LogP contribution in [0.15, 0.2) is 40.8 Å². The second-order valence-electron chi connectivity index (χ2n) is 4.65. The first-order chi connectivity index (χ1) is 10.2. The van der Waals surface area contributed by atoms with E-state index in [0.717, 1.165) is 13.0 Å². The van der Waals surface area contributed by atoms with Gasteiger partial charge in [0.2, 0.25) is 0 Å². The van der Waals surface area contributed by atoms with Crippen molar-refractivity contribution in [2.75, 3.05) is 19.6 Å². The number of carbonyl (C=O) groups excluding carboxylic acids is 1. The zero-order valence-corrected chi connectivity index (χ0v) is 13.2. The molecule has 1 aromatic heterocycles. The van der Waals surface area contributed by atoms with Gasteiger partial charge in [-0.25, -0.2) is 4.39 Å². The van der Waals surface area contributed by atoms with E-state index in [4.69, 9.17) is 4.42 Å². The van der Waals surface area contributed by atoms with E-state index in [1.165, 1.54) is 6.07 Å². The van der Waals surface area contributed by atoms with Gasteiger partial charge in [-0.05, 0) is 37.2 Å². The van der Waals surface area contributed by atoms with Gasteiger partial charge in [0.25, 0.3) is 5.91 Å². The van der Waals surface area contributed by atoms with Crippen LogP contribution < -0.4 is 10.6 Å². The fraction of sp³-hybridized carbons (Fsp3) is 0.312. The summed E-state index contributed by atoms with van der Waals surface area (Å²) >= 11 is 0. The minimum Gasteiger partial charge on any atom is -0.451 e. The first kappa shape index (κ1) is 18.2. The van der Waals surface area contributed by atoms with Crippen LogP contribution in [-0.2, 0) is 0 Å². The molecule has 0 saturated carbocycles. The highest BCUT2D eigenvalue weighted by molar-refractivity contribution is 5.92. The Kier molecular flexibility index (Phi) is 7.63. The van der Waals surface area contributed by atoms with Gasteiger partial charge >= 0.3 is 0 Å². The van der Waals surface area contributed by atoms with Gasteiger partial charge in [0.1, 0.15) is 11.6 Å². The maximum absolute atomic E-state index is 13.6. The Morgan fingerprint density at radius 2 is 1.91 bits per heavy atom. The number of carbonyl (C=O) groups is 1. The Morgan fingerprint density at radius 3 is 2.64 bits per heavy atom. The molecule has 0 radical (unpaired) electrons. The highest BCUT2D eigenvalue weighted by atomic mass is 35.5. The van der Waals surface area contributed by atoms with Gasteiger partial charge in [-0.2, -0.15) is 0 Å². The van der Waals surface area contributed by atoms with Gasteiger partial charge in [-0.15, -0.1) is 12.4 Å². The van der Waals surface area contributed by atoms with Crippen molar-refractivity contribution in [2.45, 2.75) is 13.3 Å². The SMILES string of the molecule is CCCNCCNC(=O)c1ccc(-c2ccccc2F)o1.Cl. The van der Waals surface area contributed by atoms with Crippen molar-refractivity contribution >= 4 is 18.3 Å². The van der Waals surface area contributed by atoms with Crippen molar-refractivity contribution in [3.8, 4) is 11.3 Å². The Balaban J connectivity index is 0.00000242. The summed E-state index contributed by atoms with van der Waals surface area (Å²) in [5.74, 6) is -0.135. The van der Waals surface area contributed by atoms with E-state index >= 15 is 0 Å². The van der Waals surface area contributed by atoms with Crippen molar-refractivity contribution in [3.63, 3.8) is 0 Å². The predicted octanol–water partition coefficient (Wildman–Crippen LogP) is 3.24. The molecule has 120 valence electrons. The number of hydrogen-bond acceptors (Lipinski definition) is 3. The average molecular weight is 327 g/mol. The van der Waals surface area contributed by atoms with Crippen molar-refractivity contribution in [1.29, 1.82) is 0 Å². The lowest BCUT2D eigenvalue weighted by Crippen LogP contribution is -2.31. The number of hydrogen-bond donors (Lipinski definition) is 2. The van der Waals surface area contributed by atoms with Crippen molar-refractivity contribution in [2.24, 2.45) is 0 Å². The Morgan fingerprint density at radius 1 is 1.14 bits per heavy atom. The molecule has 0 aliphatic heterocycles. The maximum atomic E-state index is 13.6. The lowest BCUT2D eigenvalue weighted by molar-refractivity contribution is 0.0927. The van der Waals surface area contributed by atoms with Crippen molar-refractivity contribution in [1.82, 2.24) is 10.6 Å². The fourth-order valence-electron chi connectivity index (χ4n) is 1.92. The van der Waals surface area contributed by atoms with E-state index in [0.29, 0.717) is 24.4 Å². The number of furan rings is 1. The monoisotopic (exact) mass is 326 g/mol. The van der Waals surface area contributed by atoms with Gasteiger partial charge in [0, 0.05) is 13.1 Å². The molecule has 0 unspecified atom stereocenters. The number of halogens is 2. The lowest BCUT2D eigenvalue weighted by Gasteiger charge is -2.04. The van der Waals surface area contributed by atoms with Gasteiger partial charge in [-0.1, -0.05) is 19.1 Å². The molecule has 0 saturated heterocycles. The standard InChI is InChI=1S/C16H19FN2O2.ClH/c1-2-9-18-10-11-19-16(20)15-8-7-14(21-15)12-5-3-4-6-13(12)17;/h3-8,18H,2,9-11H2,1H3,(H,19,20);1H. The molecule has 2 rings (SSSR count). The minimum absolute atomic E-state index is 0. The van der Waals surface area contributed by atoms with Crippen LogP contribution in [0, 0.1) is 5.82 Å². The quantitative estimate of drug-likeness (QED) is 0.768. The molecule has 1 aromatic carbocycles. The molecule has 0 fully saturated rings. The molecule has 2 N–H and O–H groups in total. The zero-order valence-electron chi connectivity index (χ0n) is 12.4. The fourth-order valence-corrected chi connectivity index (χ4v) is 1.92. The molecular weight excluding hydrogens is 307 g/mol. The molecule has 0 aliphatic rings. The molecule has 0 atom stereocenters. The molecule has 1 heterocycles. The maximum Gasteiger partial charge on any atom is 0.287 e. The van der Waals surface area contributed by atoms with Crippen LogP contribution in [0.5, 0.6) is 0 Å². The first-order valence-corrected chi connectivity index (χ1v) is 7.06. The molecule has 4 nitrogen and oxygen atoms in total. The van der Waals surface area contributed by atoms with E-state index in [1.54, 1.807) is 30.3 Å². The summed E-state index contributed by atoms with van der Waals surface area (Å²) in [6.45, 7) is 4.24. The number of rotatable bonds is 7. The van der Waals surface area contributed by atoms with Crippen LogP contribution in [0.1, 0.15) is 23.9 Å². The first-order valence-electron chi connectivity index (χ1n) is 7.06. The highest BCUT2D eigenvalue weighted by Crippen LogP contribution is 2.24. The number of amides is 1. The molecule has 2 aromatic rings. The second kappa shape index (κ2) is 9.23. The van der Waals surface area contributed by atoms with E-state index in [9.17, 15) is 9.18 Å². The van der Waals surface area contributed by atoms with Crippen LogP contribution in [0.3, 0.4) is 0 Å². The molecule has 0 aliphatic carbocycles. The predicted molar refractivity (Wildman–Crippen MR) is 86.8 cm³/mol. The van der Waals surface area contributed by atoms with Gasteiger partial charge in [0.05, 0.1) is 5.56 Å². The summed E-state index contributed by atoms with van der Waals surface area (Å²) in [7, 11) is 0. The third-order valence-corrected chi connectivity index (χ3v) is 2.98. The summed E-state index contributed by atoms with van der Waals surface area (Å²) in [4.78, 5) is 11.9. The minimum atomic E-state index is -0.373. The molecule has 6 heteroatoms. The normalized spacial score (nSPS) is 10.1.